The van der Waals surface area contributed by atoms with Gasteiger partial charge in [0.2, 0.25) is 11.8 Å². The van der Waals surface area contributed by atoms with Crippen molar-refractivity contribution in [1.82, 2.24) is 45.4 Å². The lowest BCUT2D eigenvalue weighted by molar-refractivity contribution is -0.136. The van der Waals surface area contributed by atoms with Crippen LogP contribution >= 0.6 is 0 Å². The molecule has 4 unspecified atom stereocenters. The van der Waals surface area contributed by atoms with Crippen LogP contribution in [-0.4, -0.2) is 98.1 Å². The lowest BCUT2D eigenvalue weighted by Gasteiger charge is -2.30. The fraction of sp³-hybridized carbons (Fsp3) is 0.419. The Hall–Kier alpha value is -6.25. The number of carbonyl (C=O) groups excluding carboxylic acids is 4. The Morgan fingerprint density at radius 2 is 1.17 bits per heavy atom. The van der Waals surface area contributed by atoms with Gasteiger partial charge in [-0.15, -0.1) is 0 Å². The standard InChI is InChI=1S/C43H51N9O6/c1-24(2)35(49-42(55)57-5)40(53)51-20-8-11-33(51)38-45-22-31(47-38)27-15-13-26(14-16-27)28-17-18-29(30-10-7-19-44-37(28)30)32-23-46-39(48-32)34-12-9-21-52(34)41(54)36(25(3)4)50-43(56)58-6/h7,10,13-19,22-25,33-36H,8-9,11-12,20-21H2,1-6H3,(H,45,47)(H,46,48)(H,49,55)(H,50,56). The summed E-state index contributed by atoms with van der Waals surface area (Å²) in [5, 5.41) is 6.36. The fourth-order valence-electron chi connectivity index (χ4n) is 8.15. The van der Waals surface area contributed by atoms with Gasteiger partial charge in [0.05, 0.1) is 55.6 Å². The molecule has 2 fully saturated rings. The third-order valence-corrected chi connectivity index (χ3v) is 11.2. The van der Waals surface area contributed by atoms with Gasteiger partial charge in [-0.1, -0.05) is 70.2 Å². The number of alkyl carbamates (subject to hydrolysis) is 2. The number of ether oxygens (including phenoxy) is 2. The van der Waals surface area contributed by atoms with Crippen LogP contribution in [0.5, 0.6) is 0 Å². The molecule has 15 heteroatoms. The molecule has 4 atom stereocenters. The van der Waals surface area contributed by atoms with E-state index in [0.29, 0.717) is 24.7 Å². The van der Waals surface area contributed by atoms with Crippen molar-refractivity contribution in [2.75, 3.05) is 27.3 Å². The number of H-pyrrole nitrogens is 2. The van der Waals surface area contributed by atoms with Gasteiger partial charge in [-0.3, -0.25) is 14.6 Å². The van der Waals surface area contributed by atoms with Gasteiger partial charge in [0.1, 0.15) is 23.7 Å². The molecular weight excluding hydrogens is 739 g/mol. The zero-order valence-electron chi connectivity index (χ0n) is 33.7. The number of nitrogens with zero attached hydrogens (tertiary/aromatic N) is 5. The number of methoxy groups -OCH3 is 2. The first-order valence-electron chi connectivity index (χ1n) is 19.9. The van der Waals surface area contributed by atoms with E-state index in [0.717, 1.165) is 70.2 Å². The zero-order chi connectivity index (χ0) is 41.1. The summed E-state index contributed by atoms with van der Waals surface area (Å²) < 4.78 is 9.55. The highest BCUT2D eigenvalue weighted by Gasteiger charge is 2.39. The molecule has 2 aromatic carbocycles. The van der Waals surface area contributed by atoms with Crippen molar-refractivity contribution in [3.05, 3.63) is 78.8 Å². The lowest BCUT2D eigenvalue weighted by Crippen LogP contribution is -2.51. The number of hydrogen-bond donors (Lipinski definition) is 4. The molecule has 5 heterocycles. The zero-order valence-corrected chi connectivity index (χ0v) is 33.7. The molecule has 0 aliphatic carbocycles. The van der Waals surface area contributed by atoms with E-state index in [2.05, 4.69) is 44.9 Å². The van der Waals surface area contributed by atoms with Crippen molar-refractivity contribution < 1.29 is 28.7 Å². The largest absolute Gasteiger partial charge is 0.453 e. The van der Waals surface area contributed by atoms with Gasteiger partial charge in [0.15, 0.2) is 0 Å². The molecule has 0 radical (unpaired) electrons. The van der Waals surface area contributed by atoms with Gasteiger partial charge in [-0.25, -0.2) is 19.6 Å². The van der Waals surface area contributed by atoms with Crippen LogP contribution in [0.1, 0.15) is 77.1 Å². The number of likely N-dealkylation sites (tertiary alicyclic amines) is 2. The van der Waals surface area contributed by atoms with Crippen LogP contribution in [0.15, 0.2) is 67.1 Å². The van der Waals surface area contributed by atoms with E-state index in [9.17, 15) is 19.2 Å². The molecule has 7 rings (SSSR count). The van der Waals surface area contributed by atoms with E-state index in [1.54, 1.807) is 28.4 Å². The number of fused-ring (bicyclic) bond motifs is 1. The van der Waals surface area contributed by atoms with Crippen molar-refractivity contribution in [2.24, 2.45) is 11.8 Å². The highest BCUT2D eigenvalue weighted by atomic mass is 16.5. The van der Waals surface area contributed by atoms with Crippen LogP contribution in [0.25, 0.3) is 44.5 Å². The van der Waals surface area contributed by atoms with E-state index < -0.39 is 24.3 Å². The van der Waals surface area contributed by atoms with Gasteiger partial charge in [0.25, 0.3) is 0 Å². The molecule has 0 saturated carbocycles. The molecule has 58 heavy (non-hydrogen) atoms. The van der Waals surface area contributed by atoms with Crippen LogP contribution in [0.4, 0.5) is 9.59 Å². The average molecular weight is 790 g/mol. The molecule has 5 aromatic rings. The van der Waals surface area contributed by atoms with Crippen LogP contribution in [0, 0.1) is 11.8 Å². The second-order valence-corrected chi connectivity index (χ2v) is 15.6. The van der Waals surface area contributed by atoms with Gasteiger partial charge >= 0.3 is 12.2 Å². The first-order chi connectivity index (χ1) is 28.0. The fourth-order valence-corrected chi connectivity index (χ4v) is 8.15. The number of hydrogen-bond acceptors (Lipinski definition) is 9. The third kappa shape index (κ3) is 7.98. The third-order valence-electron chi connectivity index (χ3n) is 11.2. The molecule has 2 aliphatic heterocycles. The van der Waals surface area contributed by atoms with Crippen molar-refractivity contribution in [3.63, 3.8) is 0 Å². The highest BCUT2D eigenvalue weighted by molar-refractivity contribution is 6.02. The van der Waals surface area contributed by atoms with Crippen LogP contribution < -0.4 is 10.6 Å². The smallest absolute Gasteiger partial charge is 0.407 e. The van der Waals surface area contributed by atoms with E-state index in [1.165, 1.54) is 14.2 Å². The van der Waals surface area contributed by atoms with Crippen molar-refractivity contribution in [2.45, 2.75) is 77.5 Å². The number of rotatable bonds is 11. The number of aromatic amines is 2. The molecule has 0 bridgehead atoms. The summed E-state index contributed by atoms with van der Waals surface area (Å²) in [6, 6.07) is 14.4. The lowest BCUT2D eigenvalue weighted by atomic mass is 9.96. The van der Waals surface area contributed by atoms with Crippen molar-refractivity contribution in [1.29, 1.82) is 0 Å². The summed E-state index contributed by atoms with van der Waals surface area (Å²) in [4.78, 5) is 76.1. The second-order valence-electron chi connectivity index (χ2n) is 15.6. The first-order valence-corrected chi connectivity index (χ1v) is 19.9. The quantitative estimate of drug-likeness (QED) is 0.112. The maximum Gasteiger partial charge on any atom is 0.407 e. The van der Waals surface area contributed by atoms with E-state index in [-0.39, 0.29) is 35.7 Å². The van der Waals surface area contributed by atoms with E-state index >= 15 is 0 Å². The number of pyridine rings is 1. The molecule has 3 aromatic heterocycles. The predicted octanol–water partition coefficient (Wildman–Crippen LogP) is 6.77. The topological polar surface area (TPSA) is 188 Å². The maximum absolute atomic E-state index is 13.7. The Labute approximate surface area is 337 Å². The molecule has 2 aliphatic rings. The molecule has 4 amide bonds. The molecule has 304 valence electrons. The molecule has 15 nitrogen and oxygen atoms in total. The van der Waals surface area contributed by atoms with Crippen LogP contribution in [0.3, 0.4) is 0 Å². The number of benzene rings is 2. The molecule has 4 N–H and O–H groups in total. The number of aromatic nitrogens is 5. The summed E-state index contributed by atoms with van der Waals surface area (Å²) in [5.74, 6) is 0.862. The summed E-state index contributed by atoms with van der Waals surface area (Å²) in [6.45, 7) is 8.75. The SMILES string of the molecule is COC(=O)NC(C(=O)N1CCCC1c1ncc(-c2ccc(-c3ccc(-c4cnc(C5CCCN5C(=O)C(NC(=O)OC)C(C)C)[nH]4)c4cccnc34)cc2)[nH]1)C(C)C. The Balaban J connectivity index is 1.09. The minimum absolute atomic E-state index is 0.116. The Bertz CT molecular complexity index is 2280. The number of imidazole rings is 2. The minimum Gasteiger partial charge on any atom is -0.453 e. The van der Waals surface area contributed by atoms with Gasteiger partial charge in [-0.05, 0) is 54.7 Å². The first kappa shape index (κ1) is 40.0. The Morgan fingerprint density at radius 1 is 0.672 bits per heavy atom. The summed E-state index contributed by atoms with van der Waals surface area (Å²) in [5.41, 5.74) is 6.35. The van der Waals surface area contributed by atoms with E-state index in [1.807, 2.05) is 52.0 Å². The maximum atomic E-state index is 13.7. The van der Waals surface area contributed by atoms with Crippen molar-refractivity contribution in [3.8, 4) is 33.6 Å². The number of nitrogens with one attached hydrogen (secondary N) is 4. The normalized spacial score (nSPS) is 17.8. The predicted molar refractivity (Wildman–Crippen MR) is 218 cm³/mol. The Morgan fingerprint density at radius 3 is 1.71 bits per heavy atom. The second kappa shape index (κ2) is 17.1. The molecule has 2 saturated heterocycles. The van der Waals surface area contributed by atoms with Gasteiger partial charge < -0.3 is 39.9 Å². The highest BCUT2D eigenvalue weighted by Crippen LogP contribution is 2.38. The van der Waals surface area contributed by atoms with Gasteiger partial charge in [0, 0.05) is 35.8 Å². The minimum atomic E-state index is -0.710. The Kier molecular flexibility index (Phi) is 11.8. The summed E-state index contributed by atoms with van der Waals surface area (Å²) in [7, 11) is 2.57. The van der Waals surface area contributed by atoms with Crippen molar-refractivity contribution >= 4 is 34.9 Å². The molecule has 0 spiro atoms. The monoisotopic (exact) mass is 789 g/mol. The average Bonchev–Trinajstić information content (AvgIpc) is 4.08. The van der Waals surface area contributed by atoms with E-state index in [4.69, 9.17) is 24.4 Å². The van der Waals surface area contributed by atoms with Crippen LogP contribution in [-0.2, 0) is 19.1 Å². The van der Waals surface area contributed by atoms with Gasteiger partial charge in [-0.2, -0.15) is 0 Å². The number of carbonyl (C=O) groups is 4. The number of amides is 4. The van der Waals surface area contributed by atoms with Crippen LogP contribution in [0.2, 0.25) is 0 Å². The summed E-state index contributed by atoms with van der Waals surface area (Å²) >= 11 is 0. The summed E-state index contributed by atoms with van der Waals surface area (Å²) in [6.07, 6.45) is 7.31. The molecular formula is C43H51N9O6.